The van der Waals surface area contributed by atoms with E-state index >= 15 is 0 Å². The molecule has 4 aromatic rings. The van der Waals surface area contributed by atoms with Crippen LogP contribution in [0.15, 0.2) is 176 Å². The van der Waals surface area contributed by atoms with E-state index in [4.69, 9.17) is 0 Å². The van der Waals surface area contributed by atoms with Crippen LogP contribution in [-0.4, -0.2) is 3.21 Å². The molecule has 10 rings (SSSR count). The van der Waals surface area contributed by atoms with Crippen LogP contribution in [0, 0.1) is 59.8 Å². The second-order valence-corrected chi connectivity index (χ2v) is 16.1. The van der Waals surface area contributed by atoms with Gasteiger partial charge in [0, 0.05) is 0 Å². The minimum absolute atomic E-state index is 0. The molecule has 0 spiro atoms. The zero-order chi connectivity index (χ0) is 33.7. The maximum absolute atomic E-state index is 2.99. The van der Waals surface area contributed by atoms with E-state index in [0.29, 0.717) is 35.5 Å². The van der Waals surface area contributed by atoms with Crippen LogP contribution in [-0.2, 0) is 37.1 Å². The van der Waals surface area contributed by atoms with Gasteiger partial charge < -0.3 is 6.42 Å². The molecule has 260 valence electrons. The van der Waals surface area contributed by atoms with Gasteiger partial charge in [0.1, 0.15) is 0 Å². The van der Waals surface area contributed by atoms with Gasteiger partial charge in [-0.25, -0.2) is 12.2 Å². The van der Waals surface area contributed by atoms with E-state index in [1.54, 1.807) is 3.21 Å². The van der Waals surface area contributed by atoms with Crippen LogP contribution < -0.4 is 0 Å². The summed E-state index contributed by atoms with van der Waals surface area (Å²) in [5.41, 5.74) is 2.89. The first-order chi connectivity index (χ1) is 24.7. The molecule has 0 aromatic heterocycles. The van der Waals surface area contributed by atoms with Gasteiger partial charge in [-0.05, 0) is 29.6 Å². The molecular weight excluding hydrogens is 751 g/mol. The zero-order valence-electron chi connectivity index (χ0n) is 29.4. The van der Waals surface area contributed by atoms with Crippen molar-refractivity contribution in [1.29, 1.82) is 0 Å². The van der Waals surface area contributed by atoms with Crippen LogP contribution >= 0.6 is 24.8 Å². The van der Waals surface area contributed by atoms with Gasteiger partial charge in [0.25, 0.3) is 0 Å². The third-order valence-electron chi connectivity index (χ3n) is 11.5. The van der Waals surface area contributed by atoms with Gasteiger partial charge in [-0.1, -0.05) is 72.8 Å². The van der Waals surface area contributed by atoms with Gasteiger partial charge in [0.15, 0.2) is 0 Å². The Balaban J connectivity index is 0.000000153. The summed E-state index contributed by atoms with van der Waals surface area (Å²) in [6.45, 7) is 0. The second kappa shape index (κ2) is 18.1. The van der Waals surface area contributed by atoms with Gasteiger partial charge in [0.2, 0.25) is 0 Å². The Kier molecular flexibility index (Phi) is 13.4. The van der Waals surface area contributed by atoms with Gasteiger partial charge >= 0.3 is 158 Å². The average Bonchev–Trinajstić information content (AvgIpc) is 3.89. The SMILES string of the molecule is C1=CC2[CH-]C3C4C=CC=CC4C4C=CC=CC4C3C2C=C1.Cl.Cl.[C-]1=CC=CC1.[Zr+2]=[C](Cc1cccc2ccccc12)Cc1cccc2ccccc12. The van der Waals surface area contributed by atoms with Crippen molar-refractivity contribution >= 4 is 49.6 Å². The van der Waals surface area contributed by atoms with Crippen molar-refractivity contribution in [3.63, 3.8) is 0 Å². The maximum atomic E-state index is 2.99. The monoisotopic (exact) mass is 794 g/mol. The van der Waals surface area contributed by atoms with Gasteiger partial charge in [-0.3, -0.25) is 6.08 Å². The number of rotatable bonds is 4. The Labute approximate surface area is 337 Å². The van der Waals surface area contributed by atoms with Crippen molar-refractivity contribution in [2.24, 2.45) is 47.3 Å². The van der Waals surface area contributed by atoms with Crippen molar-refractivity contribution in [2.75, 3.05) is 0 Å². The van der Waals surface area contributed by atoms with Crippen molar-refractivity contribution < 1.29 is 24.2 Å². The molecule has 6 aliphatic rings. The van der Waals surface area contributed by atoms with Gasteiger partial charge in [-0.15, -0.1) is 43.2 Å². The van der Waals surface area contributed by atoms with E-state index in [0.717, 1.165) is 31.1 Å². The Bertz CT molecular complexity index is 2000. The first-order valence-electron chi connectivity index (χ1n) is 18.4. The van der Waals surface area contributed by atoms with E-state index < -0.39 is 0 Å². The molecule has 8 atom stereocenters. The van der Waals surface area contributed by atoms with Crippen LogP contribution in [0.1, 0.15) is 17.5 Å². The normalized spacial score (nSPS) is 27.6. The molecule has 4 aromatic carbocycles. The number of halogens is 2. The van der Waals surface area contributed by atoms with Crippen LogP contribution in [0.25, 0.3) is 21.5 Å². The molecule has 0 aliphatic heterocycles. The molecule has 0 nitrogen and oxygen atoms in total. The molecule has 2 saturated carbocycles. The molecule has 0 bridgehead atoms. The van der Waals surface area contributed by atoms with E-state index in [9.17, 15) is 0 Å². The Morgan fingerprint density at radius 3 is 1.62 bits per heavy atom. The fraction of sp³-hybridized carbons (Fsp3) is 0.224. The molecule has 0 radical (unpaired) electrons. The van der Waals surface area contributed by atoms with Crippen LogP contribution in [0.5, 0.6) is 0 Å². The number of hydrogen-bond donors (Lipinski definition) is 0. The molecule has 0 amide bonds. The number of allylic oxidation sites excluding steroid dienone is 16. The molecule has 3 heteroatoms. The summed E-state index contributed by atoms with van der Waals surface area (Å²) in [5, 5.41) is 5.45. The Hall–Kier alpha value is -3.35. The third-order valence-corrected chi connectivity index (χ3v) is 12.4. The molecule has 2 fully saturated rings. The topological polar surface area (TPSA) is 0 Å². The quantitative estimate of drug-likeness (QED) is 0.181. The summed E-state index contributed by atoms with van der Waals surface area (Å²) in [7, 11) is 0. The molecular formula is C49H46Cl2Zr. The molecule has 8 unspecified atom stereocenters. The number of benzene rings is 4. The Morgan fingerprint density at radius 2 is 1.06 bits per heavy atom. The molecule has 6 aliphatic carbocycles. The molecule has 0 saturated heterocycles. The van der Waals surface area contributed by atoms with Crippen molar-refractivity contribution in [3.05, 3.63) is 200 Å². The second-order valence-electron chi connectivity index (χ2n) is 14.4. The average molecular weight is 797 g/mol. The van der Waals surface area contributed by atoms with E-state index in [1.807, 2.05) is 12.2 Å². The predicted octanol–water partition coefficient (Wildman–Crippen LogP) is 12.2. The number of fused-ring (bicyclic) bond motifs is 10. The first kappa shape index (κ1) is 38.4. The van der Waals surface area contributed by atoms with E-state index in [2.05, 4.69) is 176 Å². The summed E-state index contributed by atoms with van der Waals surface area (Å²) in [4.78, 5) is 0. The van der Waals surface area contributed by atoms with E-state index in [-0.39, 0.29) is 24.8 Å². The summed E-state index contributed by atoms with van der Waals surface area (Å²) in [5.74, 6) is 5.66. The van der Waals surface area contributed by atoms with Gasteiger partial charge in [-0.2, -0.15) is 12.0 Å². The van der Waals surface area contributed by atoms with Crippen LogP contribution in [0.2, 0.25) is 0 Å². The fourth-order valence-electron chi connectivity index (χ4n) is 9.34. The molecule has 0 N–H and O–H groups in total. The molecule has 0 heterocycles. The van der Waals surface area contributed by atoms with Crippen molar-refractivity contribution in [1.82, 2.24) is 0 Å². The van der Waals surface area contributed by atoms with Crippen LogP contribution in [0.3, 0.4) is 0 Å². The summed E-state index contributed by atoms with van der Waals surface area (Å²) >= 11 is 1.53. The minimum atomic E-state index is 0. The number of hydrogen-bond acceptors (Lipinski definition) is 0. The van der Waals surface area contributed by atoms with Crippen LogP contribution in [0.4, 0.5) is 0 Å². The van der Waals surface area contributed by atoms with E-state index in [1.165, 1.54) is 56.9 Å². The fourth-order valence-corrected chi connectivity index (χ4v) is 10.3. The molecule has 52 heavy (non-hydrogen) atoms. The first-order valence-corrected chi connectivity index (χ1v) is 19.6. The Morgan fingerprint density at radius 1 is 0.558 bits per heavy atom. The third kappa shape index (κ3) is 8.24. The summed E-state index contributed by atoms with van der Waals surface area (Å²) in [6.07, 6.45) is 43.2. The zero-order valence-corrected chi connectivity index (χ0v) is 33.5. The summed E-state index contributed by atoms with van der Waals surface area (Å²) < 4.78 is 1.59. The summed E-state index contributed by atoms with van der Waals surface area (Å²) in [6, 6.07) is 30.7. The predicted molar refractivity (Wildman–Crippen MR) is 223 cm³/mol. The van der Waals surface area contributed by atoms with Crippen molar-refractivity contribution in [2.45, 2.75) is 19.3 Å². The van der Waals surface area contributed by atoms with Gasteiger partial charge in [0.05, 0.1) is 0 Å². The van der Waals surface area contributed by atoms with Crippen molar-refractivity contribution in [3.8, 4) is 0 Å². The standard InChI is InChI=1S/C23H18.C21H21.C5H5.2ClH.Zr/c1-3-16-22-18(8-1)10-5-12-20(22)14-7-15-21-13-6-11-19-9-2-4-17-23(19)21;1-2-8-15-14(7-1)13-20-18-11-4-3-9-16(18)17-10-5-6-12-19(17)21(15)20;1-2-4-5-3-1;;;/h1-6,8-13,16-17H,14-15H2;1-21H;1-3H,4H2;2*1H;/q;2*-1;;;+2.